The lowest BCUT2D eigenvalue weighted by atomic mass is 10.0. The standard InChI is InChI=1S/C18H20N2/c1-2-6-15-9-11-17(12-10-15)20-18(13-14-19)16-7-4-3-5-8-16/h3-5,7-12,18,20H,2,6,13H2,1H3. The fourth-order valence-electron chi connectivity index (χ4n) is 2.29. The van der Waals surface area contributed by atoms with Crippen LogP contribution in [0.4, 0.5) is 5.69 Å². The summed E-state index contributed by atoms with van der Waals surface area (Å²) in [6.07, 6.45) is 2.73. The molecule has 0 saturated carbocycles. The second-order valence-corrected chi connectivity index (χ2v) is 4.92. The molecule has 0 aliphatic rings. The number of hydrogen-bond donors (Lipinski definition) is 1. The summed E-state index contributed by atoms with van der Waals surface area (Å²) in [5.41, 5.74) is 3.57. The largest absolute Gasteiger partial charge is 0.377 e. The molecular weight excluding hydrogens is 244 g/mol. The minimum Gasteiger partial charge on any atom is -0.377 e. The van der Waals surface area contributed by atoms with Gasteiger partial charge in [0.2, 0.25) is 0 Å². The summed E-state index contributed by atoms with van der Waals surface area (Å²) in [6, 6.07) is 20.9. The van der Waals surface area contributed by atoms with Crippen molar-refractivity contribution in [1.82, 2.24) is 0 Å². The smallest absolute Gasteiger partial charge is 0.0647 e. The Kier molecular flexibility index (Phi) is 5.20. The molecule has 0 aromatic heterocycles. The topological polar surface area (TPSA) is 35.8 Å². The number of rotatable bonds is 6. The van der Waals surface area contributed by atoms with E-state index in [1.807, 2.05) is 18.2 Å². The van der Waals surface area contributed by atoms with Gasteiger partial charge in [0.1, 0.15) is 0 Å². The van der Waals surface area contributed by atoms with Gasteiger partial charge in [-0.25, -0.2) is 0 Å². The Labute approximate surface area is 121 Å². The molecule has 2 aromatic carbocycles. The van der Waals surface area contributed by atoms with Gasteiger partial charge in [0, 0.05) is 5.69 Å². The molecular formula is C18H20N2. The van der Waals surface area contributed by atoms with Crippen LogP contribution in [0.1, 0.15) is 36.9 Å². The Bertz CT molecular complexity index is 552. The van der Waals surface area contributed by atoms with Gasteiger partial charge in [-0.1, -0.05) is 55.8 Å². The summed E-state index contributed by atoms with van der Waals surface area (Å²) in [7, 11) is 0. The lowest BCUT2D eigenvalue weighted by Crippen LogP contribution is -2.10. The van der Waals surface area contributed by atoms with E-state index in [1.165, 1.54) is 5.56 Å². The Morgan fingerprint density at radius 2 is 1.75 bits per heavy atom. The van der Waals surface area contributed by atoms with Gasteiger partial charge < -0.3 is 5.32 Å². The highest BCUT2D eigenvalue weighted by Crippen LogP contribution is 2.22. The molecule has 1 N–H and O–H groups in total. The molecule has 0 fully saturated rings. The van der Waals surface area contributed by atoms with E-state index in [0.717, 1.165) is 24.1 Å². The molecule has 0 amide bonds. The van der Waals surface area contributed by atoms with Gasteiger partial charge in [-0.15, -0.1) is 0 Å². The number of anilines is 1. The normalized spacial score (nSPS) is 11.6. The molecule has 2 rings (SSSR count). The van der Waals surface area contributed by atoms with Crippen LogP contribution in [0.3, 0.4) is 0 Å². The Morgan fingerprint density at radius 3 is 2.35 bits per heavy atom. The minimum absolute atomic E-state index is 0.0400. The van der Waals surface area contributed by atoms with Crippen LogP contribution in [0, 0.1) is 11.3 Å². The molecule has 2 aromatic rings. The third-order valence-electron chi connectivity index (χ3n) is 3.33. The average Bonchev–Trinajstić information content (AvgIpc) is 2.50. The average molecular weight is 264 g/mol. The molecule has 1 unspecified atom stereocenters. The first kappa shape index (κ1) is 14.1. The van der Waals surface area contributed by atoms with Crippen LogP contribution in [0.25, 0.3) is 0 Å². The van der Waals surface area contributed by atoms with E-state index >= 15 is 0 Å². The Hall–Kier alpha value is -2.27. The molecule has 0 aliphatic carbocycles. The second-order valence-electron chi connectivity index (χ2n) is 4.92. The molecule has 0 aliphatic heterocycles. The predicted molar refractivity (Wildman–Crippen MR) is 83.5 cm³/mol. The van der Waals surface area contributed by atoms with Crippen LogP contribution in [-0.4, -0.2) is 0 Å². The zero-order valence-electron chi connectivity index (χ0n) is 11.8. The van der Waals surface area contributed by atoms with Crippen molar-refractivity contribution in [3.05, 3.63) is 65.7 Å². The van der Waals surface area contributed by atoms with E-state index in [0.29, 0.717) is 6.42 Å². The van der Waals surface area contributed by atoms with E-state index < -0.39 is 0 Å². The van der Waals surface area contributed by atoms with Gasteiger partial charge in [0.25, 0.3) is 0 Å². The maximum absolute atomic E-state index is 9.00. The molecule has 0 spiro atoms. The fraction of sp³-hybridized carbons (Fsp3) is 0.278. The molecule has 2 nitrogen and oxygen atoms in total. The fourth-order valence-corrected chi connectivity index (χ4v) is 2.29. The van der Waals surface area contributed by atoms with Crippen molar-refractivity contribution >= 4 is 5.69 Å². The molecule has 0 bridgehead atoms. The van der Waals surface area contributed by atoms with Gasteiger partial charge >= 0.3 is 0 Å². The molecule has 20 heavy (non-hydrogen) atoms. The lowest BCUT2D eigenvalue weighted by Gasteiger charge is -2.18. The second kappa shape index (κ2) is 7.35. The quantitative estimate of drug-likeness (QED) is 0.820. The van der Waals surface area contributed by atoms with Gasteiger partial charge in [-0.05, 0) is 29.7 Å². The van der Waals surface area contributed by atoms with Crippen LogP contribution in [0.2, 0.25) is 0 Å². The van der Waals surface area contributed by atoms with E-state index in [1.54, 1.807) is 0 Å². The maximum Gasteiger partial charge on any atom is 0.0647 e. The van der Waals surface area contributed by atoms with E-state index in [9.17, 15) is 0 Å². The highest BCUT2D eigenvalue weighted by molar-refractivity contribution is 5.47. The Balaban J connectivity index is 2.10. The number of aryl methyl sites for hydroxylation is 1. The zero-order chi connectivity index (χ0) is 14.2. The van der Waals surface area contributed by atoms with Gasteiger partial charge in [0.05, 0.1) is 18.5 Å². The van der Waals surface area contributed by atoms with Crippen molar-refractivity contribution in [1.29, 1.82) is 5.26 Å². The molecule has 102 valence electrons. The summed E-state index contributed by atoms with van der Waals surface area (Å²) in [5, 5.41) is 12.4. The third kappa shape index (κ3) is 3.86. The summed E-state index contributed by atoms with van der Waals surface area (Å²) in [5.74, 6) is 0. The number of benzene rings is 2. The van der Waals surface area contributed by atoms with Crippen molar-refractivity contribution < 1.29 is 0 Å². The highest BCUT2D eigenvalue weighted by Gasteiger charge is 2.10. The van der Waals surface area contributed by atoms with Crippen LogP contribution in [0.15, 0.2) is 54.6 Å². The van der Waals surface area contributed by atoms with Crippen molar-refractivity contribution in [2.75, 3.05) is 5.32 Å². The summed E-state index contributed by atoms with van der Waals surface area (Å²) >= 11 is 0. The molecule has 0 heterocycles. The van der Waals surface area contributed by atoms with E-state index in [4.69, 9.17) is 5.26 Å². The monoisotopic (exact) mass is 264 g/mol. The first-order valence-corrected chi connectivity index (χ1v) is 7.11. The predicted octanol–water partition coefficient (Wildman–Crippen LogP) is 4.71. The Morgan fingerprint density at radius 1 is 1.05 bits per heavy atom. The number of nitrogens with one attached hydrogen (secondary N) is 1. The first-order chi connectivity index (χ1) is 9.83. The summed E-state index contributed by atoms with van der Waals surface area (Å²) < 4.78 is 0. The zero-order valence-corrected chi connectivity index (χ0v) is 11.8. The lowest BCUT2D eigenvalue weighted by molar-refractivity contribution is 0.806. The van der Waals surface area contributed by atoms with Gasteiger partial charge in [-0.2, -0.15) is 5.26 Å². The minimum atomic E-state index is 0.0400. The van der Waals surface area contributed by atoms with Crippen molar-refractivity contribution in [2.24, 2.45) is 0 Å². The van der Waals surface area contributed by atoms with E-state index in [2.05, 4.69) is 54.7 Å². The van der Waals surface area contributed by atoms with Crippen molar-refractivity contribution in [3.63, 3.8) is 0 Å². The van der Waals surface area contributed by atoms with E-state index in [-0.39, 0.29) is 6.04 Å². The summed E-state index contributed by atoms with van der Waals surface area (Å²) in [4.78, 5) is 0. The molecule has 0 saturated heterocycles. The summed E-state index contributed by atoms with van der Waals surface area (Å²) in [6.45, 7) is 2.19. The van der Waals surface area contributed by atoms with Crippen molar-refractivity contribution in [3.8, 4) is 6.07 Å². The highest BCUT2D eigenvalue weighted by atomic mass is 14.9. The first-order valence-electron chi connectivity index (χ1n) is 7.11. The van der Waals surface area contributed by atoms with Crippen LogP contribution in [-0.2, 0) is 6.42 Å². The number of nitriles is 1. The van der Waals surface area contributed by atoms with Crippen LogP contribution < -0.4 is 5.32 Å². The van der Waals surface area contributed by atoms with Crippen LogP contribution in [0.5, 0.6) is 0 Å². The van der Waals surface area contributed by atoms with Crippen molar-refractivity contribution in [2.45, 2.75) is 32.2 Å². The molecule has 2 heteroatoms. The SMILES string of the molecule is CCCc1ccc(NC(CC#N)c2ccccc2)cc1. The molecule has 1 atom stereocenters. The number of hydrogen-bond acceptors (Lipinski definition) is 2. The molecule has 0 radical (unpaired) electrons. The van der Waals surface area contributed by atoms with Gasteiger partial charge in [0.15, 0.2) is 0 Å². The number of nitrogens with zero attached hydrogens (tertiary/aromatic N) is 1. The van der Waals surface area contributed by atoms with Crippen LogP contribution >= 0.6 is 0 Å². The maximum atomic E-state index is 9.00. The third-order valence-corrected chi connectivity index (χ3v) is 3.33. The van der Waals surface area contributed by atoms with Gasteiger partial charge in [-0.3, -0.25) is 0 Å².